The molecule has 6 nitrogen and oxygen atoms in total. The summed E-state index contributed by atoms with van der Waals surface area (Å²) in [6.07, 6.45) is 4.88. The molecule has 0 bridgehead atoms. The molecule has 1 aliphatic rings. The Bertz CT molecular complexity index is 534. The molecule has 23 heavy (non-hydrogen) atoms. The number of benzene rings is 1. The van der Waals surface area contributed by atoms with Gasteiger partial charge in [-0.25, -0.2) is 4.79 Å². The van der Waals surface area contributed by atoms with Crippen molar-refractivity contribution in [2.24, 2.45) is 0 Å². The van der Waals surface area contributed by atoms with E-state index in [1.54, 1.807) is 4.90 Å². The number of nitrogens with zero attached hydrogens (tertiary/aromatic N) is 1. The van der Waals surface area contributed by atoms with Crippen molar-refractivity contribution in [3.05, 3.63) is 24.3 Å². The van der Waals surface area contributed by atoms with Crippen LogP contribution in [0.1, 0.15) is 32.1 Å². The zero-order valence-electron chi connectivity index (χ0n) is 13.6. The number of ether oxygens (including phenoxy) is 1. The maximum absolute atomic E-state index is 11.9. The molecule has 1 aliphatic heterocycles. The van der Waals surface area contributed by atoms with E-state index >= 15 is 0 Å². The molecule has 2 N–H and O–H groups in total. The fourth-order valence-electron chi connectivity index (χ4n) is 2.50. The zero-order chi connectivity index (χ0) is 16.5. The molecular weight excluding hydrogens is 294 g/mol. The Morgan fingerprint density at radius 2 is 2.04 bits per heavy atom. The fraction of sp³-hybridized carbons (Fsp3) is 0.529. The van der Waals surface area contributed by atoms with E-state index in [0.29, 0.717) is 19.6 Å². The second-order valence-electron chi connectivity index (χ2n) is 5.62. The van der Waals surface area contributed by atoms with Crippen LogP contribution in [0.3, 0.4) is 0 Å². The van der Waals surface area contributed by atoms with Crippen molar-refractivity contribution in [1.29, 1.82) is 0 Å². The molecule has 1 fully saturated rings. The second-order valence-corrected chi connectivity index (χ2v) is 5.62. The number of urea groups is 1. The highest BCUT2D eigenvalue weighted by atomic mass is 16.5. The molecule has 2 rings (SSSR count). The van der Waals surface area contributed by atoms with Gasteiger partial charge in [-0.15, -0.1) is 0 Å². The van der Waals surface area contributed by atoms with Crippen LogP contribution in [0.25, 0.3) is 0 Å². The molecule has 1 saturated heterocycles. The number of nitrogens with one attached hydrogen (secondary N) is 2. The summed E-state index contributed by atoms with van der Waals surface area (Å²) in [6, 6.07) is 7.07. The molecule has 126 valence electrons. The topological polar surface area (TPSA) is 70.7 Å². The van der Waals surface area contributed by atoms with E-state index in [9.17, 15) is 9.59 Å². The lowest BCUT2D eigenvalue weighted by atomic mass is 10.2. The largest absolute Gasteiger partial charge is 0.494 e. The Kier molecular flexibility index (Phi) is 6.87. The minimum absolute atomic E-state index is 0.225. The molecule has 0 unspecified atom stereocenters. The van der Waals surface area contributed by atoms with Crippen molar-refractivity contribution in [3.8, 4) is 5.75 Å². The average molecular weight is 319 g/mol. The molecule has 0 radical (unpaired) electrons. The maximum Gasteiger partial charge on any atom is 0.328 e. The molecule has 0 spiro atoms. The Morgan fingerprint density at radius 1 is 1.22 bits per heavy atom. The number of rotatable bonds is 9. The Hall–Kier alpha value is -2.08. The summed E-state index contributed by atoms with van der Waals surface area (Å²) in [4.78, 5) is 24.6. The zero-order valence-corrected chi connectivity index (χ0v) is 13.6. The first-order chi connectivity index (χ1) is 11.2. The van der Waals surface area contributed by atoms with Crippen LogP contribution in [0.4, 0.5) is 10.5 Å². The lowest BCUT2D eigenvalue weighted by Crippen LogP contribution is -2.49. The van der Waals surface area contributed by atoms with Gasteiger partial charge in [-0.05, 0) is 38.6 Å². The monoisotopic (exact) mass is 319 g/mol. The molecule has 0 aliphatic carbocycles. The molecule has 6 heteroatoms. The number of unbranched alkanes of at least 4 members (excludes halogenated alkanes) is 3. The second kappa shape index (κ2) is 9.15. The Morgan fingerprint density at radius 3 is 2.83 bits per heavy atom. The molecule has 1 heterocycles. The van der Waals surface area contributed by atoms with Gasteiger partial charge in [0.25, 0.3) is 0 Å². The maximum atomic E-state index is 11.9. The third-order valence-corrected chi connectivity index (χ3v) is 3.77. The molecule has 1 aromatic rings. The highest BCUT2D eigenvalue weighted by Crippen LogP contribution is 2.23. The summed E-state index contributed by atoms with van der Waals surface area (Å²) in [5.74, 6) is 0.527. The Labute approximate surface area is 137 Å². The highest BCUT2D eigenvalue weighted by molar-refractivity contribution is 6.05. The summed E-state index contributed by atoms with van der Waals surface area (Å²) < 4.78 is 5.76. The summed E-state index contributed by atoms with van der Waals surface area (Å²) in [5.41, 5.74) is 0.751. The van der Waals surface area contributed by atoms with Crippen LogP contribution >= 0.6 is 0 Å². The minimum atomic E-state index is -0.372. The number of imide groups is 1. The lowest BCUT2D eigenvalue weighted by Gasteiger charge is -2.26. The van der Waals surface area contributed by atoms with E-state index in [-0.39, 0.29) is 11.9 Å². The number of hydrogen-bond acceptors (Lipinski definition) is 4. The molecule has 3 amide bonds. The van der Waals surface area contributed by atoms with E-state index in [0.717, 1.165) is 30.8 Å². The lowest BCUT2D eigenvalue weighted by molar-refractivity contribution is -0.120. The van der Waals surface area contributed by atoms with E-state index in [2.05, 4.69) is 10.6 Å². The molecule has 1 aromatic carbocycles. The van der Waals surface area contributed by atoms with Crippen LogP contribution in [0, 0.1) is 0 Å². The van der Waals surface area contributed by atoms with Gasteiger partial charge >= 0.3 is 6.03 Å². The van der Waals surface area contributed by atoms with Gasteiger partial charge in [0, 0.05) is 24.7 Å². The molecule has 0 saturated carbocycles. The number of carbonyl (C=O) groups is 2. The minimum Gasteiger partial charge on any atom is -0.494 e. The Balaban J connectivity index is 1.78. The normalized spacial score (nSPS) is 14.7. The highest BCUT2D eigenvalue weighted by Gasteiger charge is 2.24. The van der Waals surface area contributed by atoms with Gasteiger partial charge in [0.05, 0.1) is 6.61 Å². The predicted octanol–water partition coefficient (Wildman–Crippen LogP) is 2.29. The molecule has 0 aromatic heterocycles. The molecular formula is C17H25N3O3. The van der Waals surface area contributed by atoms with Gasteiger partial charge in [-0.3, -0.25) is 15.0 Å². The van der Waals surface area contributed by atoms with E-state index in [1.807, 2.05) is 31.3 Å². The van der Waals surface area contributed by atoms with Crippen molar-refractivity contribution < 1.29 is 14.3 Å². The van der Waals surface area contributed by atoms with Crippen LogP contribution in [0.5, 0.6) is 5.75 Å². The van der Waals surface area contributed by atoms with Gasteiger partial charge in [-0.1, -0.05) is 18.9 Å². The van der Waals surface area contributed by atoms with Crippen molar-refractivity contribution in [2.45, 2.75) is 32.1 Å². The van der Waals surface area contributed by atoms with Gasteiger partial charge in [-0.2, -0.15) is 0 Å². The summed E-state index contributed by atoms with van der Waals surface area (Å²) in [5, 5.41) is 5.46. The van der Waals surface area contributed by atoms with E-state index in [1.165, 1.54) is 12.8 Å². The van der Waals surface area contributed by atoms with Crippen molar-refractivity contribution in [1.82, 2.24) is 10.6 Å². The van der Waals surface area contributed by atoms with Crippen LogP contribution in [0.2, 0.25) is 0 Å². The van der Waals surface area contributed by atoms with Crippen molar-refractivity contribution in [2.75, 3.05) is 31.6 Å². The molecule has 0 atom stereocenters. The number of amides is 3. The van der Waals surface area contributed by atoms with Crippen molar-refractivity contribution >= 4 is 17.6 Å². The van der Waals surface area contributed by atoms with Crippen LogP contribution in [-0.2, 0) is 4.79 Å². The fourth-order valence-corrected chi connectivity index (χ4v) is 2.50. The predicted molar refractivity (Wildman–Crippen MR) is 89.8 cm³/mol. The van der Waals surface area contributed by atoms with Crippen molar-refractivity contribution in [3.63, 3.8) is 0 Å². The smallest absolute Gasteiger partial charge is 0.328 e. The number of anilines is 1. The van der Waals surface area contributed by atoms with Crippen LogP contribution in [0.15, 0.2) is 24.3 Å². The number of carbonyl (C=O) groups excluding carboxylic acids is 2. The average Bonchev–Trinajstić information content (AvgIpc) is 2.54. The van der Waals surface area contributed by atoms with Gasteiger partial charge in [0.15, 0.2) is 0 Å². The number of hydrogen-bond donors (Lipinski definition) is 2. The summed E-state index contributed by atoms with van der Waals surface area (Å²) >= 11 is 0. The third-order valence-electron chi connectivity index (χ3n) is 3.77. The van der Waals surface area contributed by atoms with E-state index in [4.69, 9.17) is 4.74 Å². The van der Waals surface area contributed by atoms with Gasteiger partial charge in [0.1, 0.15) is 5.75 Å². The van der Waals surface area contributed by atoms with Gasteiger partial charge < -0.3 is 10.1 Å². The van der Waals surface area contributed by atoms with Gasteiger partial charge in [0.2, 0.25) is 5.91 Å². The van der Waals surface area contributed by atoms with Crippen LogP contribution < -0.4 is 20.3 Å². The quantitative estimate of drug-likeness (QED) is 0.685. The standard InChI is InChI=1S/C17H25N3O3/c1-18-10-4-2-3-5-12-23-15-8-6-7-14(13-15)20-11-9-16(21)19-17(20)22/h6-8,13,18H,2-5,9-12H2,1H3,(H,19,21,22). The first-order valence-electron chi connectivity index (χ1n) is 8.19. The SMILES string of the molecule is CNCCCCCCOc1cccc(N2CCC(=O)NC2=O)c1. The first-order valence-corrected chi connectivity index (χ1v) is 8.19. The summed E-state index contributed by atoms with van der Waals surface area (Å²) in [6.45, 7) is 2.14. The third kappa shape index (κ3) is 5.56. The van der Waals surface area contributed by atoms with Crippen LogP contribution in [-0.4, -0.2) is 38.7 Å². The summed E-state index contributed by atoms with van der Waals surface area (Å²) in [7, 11) is 1.97. The van der Waals surface area contributed by atoms with E-state index < -0.39 is 0 Å². The first kappa shape index (κ1) is 17.3.